The van der Waals surface area contributed by atoms with Crippen molar-refractivity contribution in [1.82, 2.24) is 10.1 Å². The van der Waals surface area contributed by atoms with Crippen molar-refractivity contribution in [3.63, 3.8) is 0 Å². The maximum absolute atomic E-state index is 8.88. The first-order chi connectivity index (χ1) is 5.60. The fourth-order valence-corrected chi connectivity index (χ4v) is 0.697. The van der Waals surface area contributed by atoms with Gasteiger partial charge in [-0.1, -0.05) is 12.1 Å². The topological polar surface area (TPSA) is 85.2 Å². The van der Waals surface area contributed by atoms with Gasteiger partial charge in [0.25, 0.3) is 0 Å². The van der Waals surface area contributed by atoms with Crippen LogP contribution in [-0.4, -0.2) is 21.9 Å². The Morgan fingerprint density at radius 1 is 1.67 bits per heavy atom. The standard InChI is InChI=1S/C7H13N3O2/c1-3-5-9-6(12-10-5)7(2,8)4-11/h11H,3-4,8H2,1-2H3. The van der Waals surface area contributed by atoms with Gasteiger partial charge in [-0.3, -0.25) is 0 Å². The summed E-state index contributed by atoms with van der Waals surface area (Å²) in [6.45, 7) is 3.35. The summed E-state index contributed by atoms with van der Waals surface area (Å²) in [7, 11) is 0. The highest BCUT2D eigenvalue weighted by atomic mass is 16.5. The Labute approximate surface area is 70.6 Å². The van der Waals surface area contributed by atoms with E-state index in [0.29, 0.717) is 12.2 Å². The molecule has 0 fully saturated rings. The number of aryl methyl sites for hydroxylation is 1. The summed E-state index contributed by atoms with van der Waals surface area (Å²) < 4.78 is 4.87. The van der Waals surface area contributed by atoms with Crippen molar-refractivity contribution in [1.29, 1.82) is 0 Å². The Hall–Kier alpha value is -0.940. The maximum atomic E-state index is 8.88. The Morgan fingerprint density at radius 2 is 2.33 bits per heavy atom. The van der Waals surface area contributed by atoms with E-state index < -0.39 is 5.54 Å². The SMILES string of the molecule is CCc1noc(C(C)(N)CO)n1. The monoisotopic (exact) mass is 171 g/mol. The molecule has 0 bridgehead atoms. The number of nitrogens with zero attached hydrogens (tertiary/aromatic N) is 2. The van der Waals surface area contributed by atoms with Gasteiger partial charge in [-0.2, -0.15) is 4.98 Å². The molecule has 0 saturated carbocycles. The summed E-state index contributed by atoms with van der Waals surface area (Å²) in [6, 6.07) is 0. The van der Waals surface area contributed by atoms with Crippen LogP contribution in [0.5, 0.6) is 0 Å². The third-order valence-electron chi connectivity index (χ3n) is 1.60. The molecule has 5 nitrogen and oxygen atoms in total. The zero-order valence-electron chi connectivity index (χ0n) is 7.24. The van der Waals surface area contributed by atoms with Gasteiger partial charge < -0.3 is 15.4 Å². The molecule has 1 aromatic rings. The third kappa shape index (κ3) is 1.62. The lowest BCUT2D eigenvalue weighted by molar-refractivity contribution is 0.173. The van der Waals surface area contributed by atoms with Crippen LogP contribution in [0.2, 0.25) is 0 Å². The van der Waals surface area contributed by atoms with Crippen molar-refractivity contribution >= 4 is 0 Å². The molecule has 0 radical (unpaired) electrons. The van der Waals surface area contributed by atoms with E-state index in [9.17, 15) is 0 Å². The van der Waals surface area contributed by atoms with Crippen molar-refractivity contribution < 1.29 is 9.63 Å². The van der Waals surface area contributed by atoms with E-state index in [4.69, 9.17) is 15.4 Å². The van der Waals surface area contributed by atoms with Crippen LogP contribution in [0.1, 0.15) is 25.6 Å². The molecule has 1 unspecified atom stereocenters. The second-order valence-electron chi connectivity index (χ2n) is 2.94. The minimum absolute atomic E-state index is 0.210. The Morgan fingerprint density at radius 3 is 2.75 bits per heavy atom. The highest BCUT2D eigenvalue weighted by Crippen LogP contribution is 2.14. The predicted octanol–water partition coefficient (Wildman–Crippen LogP) is -0.202. The molecule has 0 aliphatic rings. The highest BCUT2D eigenvalue weighted by molar-refractivity contribution is 4.99. The van der Waals surface area contributed by atoms with Crippen LogP contribution in [0.4, 0.5) is 0 Å². The second-order valence-corrected chi connectivity index (χ2v) is 2.94. The molecule has 1 rings (SSSR count). The summed E-state index contributed by atoms with van der Waals surface area (Å²) in [5, 5.41) is 12.5. The largest absolute Gasteiger partial charge is 0.394 e. The molecule has 1 heterocycles. The molecule has 0 aliphatic heterocycles. The molecule has 5 heteroatoms. The van der Waals surface area contributed by atoms with Gasteiger partial charge in [-0.15, -0.1) is 0 Å². The van der Waals surface area contributed by atoms with E-state index in [1.807, 2.05) is 6.92 Å². The Kier molecular flexibility index (Phi) is 2.44. The number of aromatic nitrogens is 2. The van der Waals surface area contributed by atoms with Gasteiger partial charge in [-0.25, -0.2) is 0 Å². The van der Waals surface area contributed by atoms with Crippen LogP contribution in [0.15, 0.2) is 4.52 Å². The Bertz CT molecular complexity index is 257. The van der Waals surface area contributed by atoms with E-state index in [2.05, 4.69) is 10.1 Å². The molecule has 1 atom stereocenters. The van der Waals surface area contributed by atoms with Gasteiger partial charge in [0.1, 0.15) is 5.54 Å². The van der Waals surface area contributed by atoms with E-state index in [0.717, 1.165) is 0 Å². The molecule has 0 saturated heterocycles. The van der Waals surface area contributed by atoms with Crippen molar-refractivity contribution in [2.24, 2.45) is 5.73 Å². The van der Waals surface area contributed by atoms with Crippen LogP contribution < -0.4 is 5.73 Å². The molecule has 0 amide bonds. The minimum atomic E-state index is -0.930. The fourth-order valence-electron chi connectivity index (χ4n) is 0.697. The zero-order chi connectivity index (χ0) is 9.19. The fraction of sp³-hybridized carbons (Fsp3) is 0.714. The van der Waals surface area contributed by atoms with Crippen molar-refractivity contribution in [2.45, 2.75) is 25.8 Å². The normalized spacial score (nSPS) is 16.0. The van der Waals surface area contributed by atoms with Gasteiger partial charge in [0.15, 0.2) is 5.82 Å². The van der Waals surface area contributed by atoms with E-state index in [-0.39, 0.29) is 12.5 Å². The maximum Gasteiger partial charge on any atom is 0.248 e. The van der Waals surface area contributed by atoms with Crippen molar-refractivity contribution in [3.8, 4) is 0 Å². The molecule has 0 spiro atoms. The number of aliphatic hydroxyl groups excluding tert-OH is 1. The van der Waals surface area contributed by atoms with Crippen molar-refractivity contribution in [3.05, 3.63) is 11.7 Å². The number of nitrogens with two attached hydrogens (primary N) is 1. The molecular formula is C7H13N3O2. The molecule has 1 aromatic heterocycles. The molecule has 0 aliphatic carbocycles. The first kappa shape index (κ1) is 9.15. The highest BCUT2D eigenvalue weighted by Gasteiger charge is 2.26. The van der Waals surface area contributed by atoms with Gasteiger partial charge in [0.2, 0.25) is 5.89 Å². The van der Waals surface area contributed by atoms with E-state index in [1.165, 1.54) is 0 Å². The summed E-state index contributed by atoms with van der Waals surface area (Å²) >= 11 is 0. The number of aliphatic hydroxyl groups is 1. The van der Waals surface area contributed by atoms with Gasteiger partial charge in [-0.05, 0) is 6.92 Å². The predicted molar refractivity (Wildman–Crippen MR) is 42.3 cm³/mol. The number of hydrogen-bond donors (Lipinski definition) is 2. The number of rotatable bonds is 3. The summed E-state index contributed by atoms with van der Waals surface area (Å²) in [5.41, 5.74) is 4.73. The first-order valence-corrected chi connectivity index (χ1v) is 3.83. The summed E-state index contributed by atoms with van der Waals surface area (Å²) in [5.74, 6) is 0.886. The van der Waals surface area contributed by atoms with Crippen molar-refractivity contribution in [2.75, 3.05) is 6.61 Å². The van der Waals surface area contributed by atoms with Gasteiger partial charge in [0, 0.05) is 6.42 Å². The van der Waals surface area contributed by atoms with Crippen LogP contribution in [-0.2, 0) is 12.0 Å². The smallest absolute Gasteiger partial charge is 0.248 e. The average molecular weight is 171 g/mol. The minimum Gasteiger partial charge on any atom is -0.394 e. The molecular weight excluding hydrogens is 158 g/mol. The van der Waals surface area contributed by atoms with E-state index >= 15 is 0 Å². The van der Waals surface area contributed by atoms with Gasteiger partial charge >= 0.3 is 0 Å². The zero-order valence-corrected chi connectivity index (χ0v) is 7.24. The van der Waals surface area contributed by atoms with Crippen LogP contribution in [0.25, 0.3) is 0 Å². The van der Waals surface area contributed by atoms with Crippen LogP contribution in [0.3, 0.4) is 0 Å². The lowest BCUT2D eigenvalue weighted by Crippen LogP contribution is -2.37. The number of hydrogen-bond acceptors (Lipinski definition) is 5. The van der Waals surface area contributed by atoms with E-state index in [1.54, 1.807) is 6.92 Å². The summed E-state index contributed by atoms with van der Waals surface area (Å²) in [6.07, 6.45) is 0.699. The molecule has 3 N–H and O–H groups in total. The van der Waals surface area contributed by atoms with Gasteiger partial charge in [0.05, 0.1) is 6.61 Å². The first-order valence-electron chi connectivity index (χ1n) is 3.83. The molecule has 12 heavy (non-hydrogen) atoms. The van der Waals surface area contributed by atoms with Crippen LogP contribution in [0, 0.1) is 0 Å². The van der Waals surface area contributed by atoms with Crippen LogP contribution >= 0.6 is 0 Å². The summed E-state index contributed by atoms with van der Waals surface area (Å²) in [4.78, 5) is 4.01. The molecule has 0 aromatic carbocycles. The Balaban J connectivity index is 2.88. The lowest BCUT2D eigenvalue weighted by atomic mass is 10.1. The average Bonchev–Trinajstić information content (AvgIpc) is 2.52. The second kappa shape index (κ2) is 3.20. The third-order valence-corrected chi connectivity index (χ3v) is 1.60. The quantitative estimate of drug-likeness (QED) is 0.657. The lowest BCUT2D eigenvalue weighted by Gasteiger charge is -2.14. The molecule has 68 valence electrons.